The van der Waals surface area contributed by atoms with Crippen LogP contribution in [0.1, 0.15) is 58.1 Å². The molecule has 2 fully saturated rings. The van der Waals surface area contributed by atoms with Crippen molar-refractivity contribution in [3.05, 3.63) is 11.1 Å². The molecule has 2 aliphatic rings. The summed E-state index contributed by atoms with van der Waals surface area (Å²) >= 11 is 1.76. The first kappa shape index (κ1) is 22.8. The molecule has 0 radical (unpaired) electrons. The molecule has 2 N–H and O–H groups in total. The zero-order valence-corrected chi connectivity index (χ0v) is 19.6. The summed E-state index contributed by atoms with van der Waals surface area (Å²) in [6.07, 6.45) is 7.26. The van der Waals surface area contributed by atoms with Crippen molar-refractivity contribution >= 4 is 28.3 Å². The van der Waals surface area contributed by atoms with Crippen molar-refractivity contribution in [2.75, 3.05) is 44.7 Å². The van der Waals surface area contributed by atoms with E-state index in [9.17, 15) is 4.79 Å². The lowest BCUT2D eigenvalue weighted by atomic mass is 9.98. The molecule has 3 rings (SSSR count). The minimum absolute atomic E-state index is 0.181. The minimum atomic E-state index is 0.181. The molecule has 2 saturated heterocycles. The number of guanidine groups is 1. The van der Waals surface area contributed by atoms with Crippen LogP contribution in [0.2, 0.25) is 0 Å². The third-order valence-electron chi connectivity index (χ3n) is 6.30. The van der Waals surface area contributed by atoms with Crippen LogP contribution in [0.5, 0.6) is 0 Å². The van der Waals surface area contributed by atoms with Crippen LogP contribution in [0.4, 0.5) is 5.13 Å². The second kappa shape index (κ2) is 11.5. The Morgan fingerprint density at radius 1 is 1.23 bits per heavy atom. The van der Waals surface area contributed by atoms with Crippen LogP contribution in [0.3, 0.4) is 0 Å². The molecular formula is C22H38N6OS. The van der Waals surface area contributed by atoms with Crippen molar-refractivity contribution in [2.24, 2.45) is 10.9 Å². The standard InChI is InChI=1S/C22H38N6OS/c1-4-17(5-2)20(29)27-14-9-18(10-15-27)25-21(23-3)24-11-8-19-16-30-22(26-19)28-12-6-7-13-28/h16-18H,4-15H2,1-3H3,(H2,23,24,25). The molecule has 0 atom stereocenters. The number of piperidine rings is 1. The summed E-state index contributed by atoms with van der Waals surface area (Å²) in [6.45, 7) is 8.98. The highest BCUT2D eigenvalue weighted by atomic mass is 32.1. The zero-order valence-electron chi connectivity index (χ0n) is 18.8. The summed E-state index contributed by atoms with van der Waals surface area (Å²) in [6, 6.07) is 0.364. The normalized spacial score (nSPS) is 18.3. The van der Waals surface area contributed by atoms with Gasteiger partial charge in [-0.3, -0.25) is 9.79 Å². The van der Waals surface area contributed by atoms with Crippen LogP contribution < -0.4 is 15.5 Å². The van der Waals surface area contributed by atoms with Gasteiger partial charge >= 0.3 is 0 Å². The van der Waals surface area contributed by atoms with E-state index in [0.29, 0.717) is 11.9 Å². The van der Waals surface area contributed by atoms with Gasteiger partial charge < -0.3 is 20.4 Å². The fraction of sp³-hybridized carbons (Fsp3) is 0.773. The van der Waals surface area contributed by atoms with Crippen LogP contribution in [0.25, 0.3) is 0 Å². The van der Waals surface area contributed by atoms with E-state index in [2.05, 4.69) is 39.8 Å². The number of carbonyl (C=O) groups is 1. The Hall–Kier alpha value is -1.83. The van der Waals surface area contributed by atoms with E-state index in [1.807, 2.05) is 11.9 Å². The Balaban J connectivity index is 1.37. The van der Waals surface area contributed by atoms with E-state index < -0.39 is 0 Å². The van der Waals surface area contributed by atoms with E-state index in [1.165, 1.54) is 18.0 Å². The van der Waals surface area contributed by atoms with Crippen LogP contribution in [0, 0.1) is 5.92 Å². The molecule has 0 aliphatic carbocycles. The molecule has 0 aromatic carbocycles. The van der Waals surface area contributed by atoms with Crippen LogP contribution in [-0.4, -0.2) is 67.6 Å². The van der Waals surface area contributed by atoms with Gasteiger partial charge in [-0.05, 0) is 38.5 Å². The number of aliphatic imine (C=N–C) groups is 1. The number of nitrogens with one attached hydrogen (secondary N) is 2. The molecule has 3 heterocycles. The molecular weight excluding hydrogens is 396 g/mol. The van der Waals surface area contributed by atoms with Gasteiger partial charge in [0.25, 0.3) is 0 Å². The molecule has 30 heavy (non-hydrogen) atoms. The van der Waals surface area contributed by atoms with Gasteiger partial charge in [-0.15, -0.1) is 11.3 Å². The lowest BCUT2D eigenvalue weighted by Gasteiger charge is -2.34. The molecule has 1 aromatic heterocycles. The van der Waals surface area contributed by atoms with Crippen molar-refractivity contribution in [3.63, 3.8) is 0 Å². The monoisotopic (exact) mass is 434 g/mol. The summed E-state index contributed by atoms with van der Waals surface area (Å²) in [4.78, 5) is 26.2. The SMILES string of the molecule is CCC(CC)C(=O)N1CCC(NC(=NC)NCCc2csc(N3CCCC3)n2)CC1. The molecule has 7 nitrogen and oxygen atoms in total. The molecule has 1 amide bonds. The maximum atomic E-state index is 12.6. The highest BCUT2D eigenvalue weighted by Crippen LogP contribution is 2.24. The average Bonchev–Trinajstić information content (AvgIpc) is 3.46. The van der Waals surface area contributed by atoms with Crippen molar-refractivity contribution in [3.8, 4) is 0 Å². The predicted molar refractivity (Wildman–Crippen MR) is 125 cm³/mol. The average molecular weight is 435 g/mol. The number of aromatic nitrogens is 1. The number of amides is 1. The van der Waals surface area contributed by atoms with Gasteiger partial charge in [0.1, 0.15) is 0 Å². The number of hydrogen-bond donors (Lipinski definition) is 2. The van der Waals surface area contributed by atoms with Gasteiger partial charge in [0.2, 0.25) is 5.91 Å². The first-order valence-electron chi connectivity index (χ1n) is 11.6. The topological polar surface area (TPSA) is 72.9 Å². The number of anilines is 1. The van der Waals surface area contributed by atoms with Crippen LogP contribution >= 0.6 is 11.3 Å². The van der Waals surface area contributed by atoms with E-state index in [0.717, 1.165) is 76.5 Å². The predicted octanol–water partition coefficient (Wildman–Crippen LogP) is 2.88. The molecule has 0 spiro atoms. The summed E-state index contributed by atoms with van der Waals surface area (Å²) < 4.78 is 0. The molecule has 0 unspecified atom stereocenters. The number of hydrogen-bond acceptors (Lipinski definition) is 5. The van der Waals surface area contributed by atoms with E-state index in [-0.39, 0.29) is 5.92 Å². The number of carbonyl (C=O) groups excluding carboxylic acids is 1. The Bertz CT molecular complexity index is 688. The lowest BCUT2D eigenvalue weighted by molar-refractivity contribution is -0.136. The third-order valence-corrected chi connectivity index (χ3v) is 7.25. The van der Waals surface area contributed by atoms with Crippen LogP contribution in [-0.2, 0) is 11.2 Å². The highest BCUT2D eigenvalue weighted by molar-refractivity contribution is 7.13. The smallest absolute Gasteiger partial charge is 0.225 e. The third kappa shape index (κ3) is 6.09. The van der Waals surface area contributed by atoms with E-state index >= 15 is 0 Å². The highest BCUT2D eigenvalue weighted by Gasteiger charge is 2.26. The maximum absolute atomic E-state index is 12.6. The Morgan fingerprint density at radius 3 is 2.57 bits per heavy atom. The molecule has 168 valence electrons. The first-order chi connectivity index (χ1) is 14.6. The molecule has 2 aliphatic heterocycles. The van der Waals surface area contributed by atoms with E-state index in [4.69, 9.17) is 4.98 Å². The second-order valence-corrected chi connectivity index (χ2v) is 9.16. The van der Waals surface area contributed by atoms with Crippen molar-refractivity contribution in [2.45, 2.75) is 64.8 Å². The quantitative estimate of drug-likeness (QED) is 0.486. The summed E-state index contributed by atoms with van der Waals surface area (Å²) in [7, 11) is 1.81. The zero-order chi connectivity index (χ0) is 21.3. The Labute approximate surface area is 185 Å². The number of likely N-dealkylation sites (tertiary alicyclic amines) is 1. The van der Waals surface area contributed by atoms with Gasteiger partial charge in [0, 0.05) is 63.5 Å². The van der Waals surface area contributed by atoms with Gasteiger partial charge in [0.05, 0.1) is 5.69 Å². The number of thiazole rings is 1. The lowest BCUT2D eigenvalue weighted by Crippen LogP contribution is -2.50. The van der Waals surface area contributed by atoms with Crippen molar-refractivity contribution in [1.29, 1.82) is 0 Å². The summed E-state index contributed by atoms with van der Waals surface area (Å²) in [5, 5.41) is 10.3. The molecule has 0 bridgehead atoms. The summed E-state index contributed by atoms with van der Waals surface area (Å²) in [5.41, 5.74) is 1.15. The fourth-order valence-corrected chi connectivity index (χ4v) is 5.22. The van der Waals surface area contributed by atoms with Gasteiger partial charge in [0.15, 0.2) is 11.1 Å². The minimum Gasteiger partial charge on any atom is -0.356 e. The Kier molecular flexibility index (Phi) is 8.78. The molecule has 1 aromatic rings. The molecule has 8 heteroatoms. The van der Waals surface area contributed by atoms with Gasteiger partial charge in [-0.1, -0.05) is 13.8 Å². The first-order valence-corrected chi connectivity index (χ1v) is 12.5. The summed E-state index contributed by atoms with van der Waals surface area (Å²) in [5.74, 6) is 1.35. The Morgan fingerprint density at radius 2 is 1.93 bits per heavy atom. The number of rotatable bonds is 8. The van der Waals surface area contributed by atoms with Crippen molar-refractivity contribution in [1.82, 2.24) is 20.5 Å². The van der Waals surface area contributed by atoms with Gasteiger partial charge in [-0.25, -0.2) is 4.98 Å². The van der Waals surface area contributed by atoms with Gasteiger partial charge in [-0.2, -0.15) is 0 Å². The maximum Gasteiger partial charge on any atom is 0.225 e. The fourth-order valence-electron chi connectivity index (χ4n) is 4.30. The van der Waals surface area contributed by atoms with E-state index in [1.54, 1.807) is 11.3 Å². The van der Waals surface area contributed by atoms with Crippen LogP contribution in [0.15, 0.2) is 10.4 Å². The largest absolute Gasteiger partial charge is 0.356 e. The van der Waals surface area contributed by atoms with Crippen molar-refractivity contribution < 1.29 is 4.79 Å². The number of nitrogens with zero attached hydrogens (tertiary/aromatic N) is 4. The second-order valence-electron chi connectivity index (χ2n) is 8.32. The molecule has 0 saturated carbocycles.